The molecule has 0 aliphatic rings. The van der Waals surface area contributed by atoms with Crippen molar-refractivity contribution in [2.45, 2.75) is 53.4 Å². The number of aryl methyl sites for hydroxylation is 2. The average Bonchev–Trinajstić information content (AvgIpc) is 3.68. The molecule has 4 aromatic heterocycles. The van der Waals surface area contributed by atoms with Crippen molar-refractivity contribution in [1.29, 1.82) is 0 Å². The molecular weight excluding hydrogens is 785 g/mol. The molecule has 0 amide bonds. The Kier molecular flexibility index (Phi) is 9.81. The molecule has 0 aliphatic heterocycles. The number of hydrogen-bond donors (Lipinski definition) is 0. The fraction of sp³-hybridized carbons (Fsp3) is 0.195. The Morgan fingerprint density at radius 3 is 2.20 bits per heavy atom. The van der Waals surface area contributed by atoms with E-state index in [2.05, 4.69) is 108 Å². The van der Waals surface area contributed by atoms with Crippen LogP contribution in [0.25, 0.3) is 61.4 Å². The molecule has 0 N–H and O–H groups in total. The monoisotopic (exact) mass is 821 g/mol. The van der Waals surface area contributed by atoms with E-state index in [1.807, 2.05) is 61.7 Å². The van der Waals surface area contributed by atoms with Crippen LogP contribution in [0.15, 0.2) is 102 Å². The van der Waals surface area contributed by atoms with Gasteiger partial charge in [-0.15, -0.1) is 63.8 Å². The fourth-order valence-electron chi connectivity index (χ4n) is 6.07. The number of rotatable bonds is 5. The molecule has 1 radical (unpaired) electrons. The summed E-state index contributed by atoms with van der Waals surface area (Å²) in [6, 6.07) is 35.4. The average molecular weight is 821 g/mol. The number of imidazole rings is 1. The molecule has 8 aromatic rings. The van der Waals surface area contributed by atoms with Crippen LogP contribution in [0.2, 0.25) is 0 Å². The second-order valence-corrected chi connectivity index (χ2v) is 12.7. The van der Waals surface area contributed by atoms with Crippen LogP contribution in [-0.2, 0) is 20.1 Å². The van der Waals surface area contributed by atoms with Crippen LogP contribution in [0.3, 0.4) is 0 Å². The number of para-hydroxylation sites is 2. The molecule has 49 heavy (non-hydrogen) atoms. The van der Waals surface area contributed by atoms with Crippen molar-refractivity contribution in [3.63, 3.8) is 0 Å². The van der Waals surface area contributed by atoms with Gasteiger partial charge in [0.2, 0.25) is 0 Å². The Balaban J connectivity index is 0.000000234. The van der Waals surface area contributed by atoms with Crippen molar-refractivity contribution in [3.8, 4) is 28.3 Å². The minimum atomic E-state index is 0. The number of fused-ring (bicyclic) bond motifs is 4. The predicted octanol–water partition coefficient (Wildman–Crippen LogP) is 9.99. The maximum Gasteiger partial charge on any atom is 0.194 e. The summed E-state index contributed by atoms with van der Waals surface area (Å²) in [5, 5.41) is 14.3. The smallest absolute Gasteiger partial charge is 0.194 e. The van der Waals surface area contributed by atoms with Gasteiger partial charge in [-0.1, -0.05) is 94.1 Å². The van der Waals surface area contributed by atoms with Crippen LogP contribution in [0.5, 0.6) is 0 Å². The van der Waals surface area contributed by atoms with E-state index in [1.165, 1.54) is 22.3 Å². The molecule has 0 atom stereocenters. The molecule has 0 fully saturated rings. The standard InChI is InChI=1S/C28H24N5O.C13H12N.Ir/c1-16(2)18-10-7-11-19(17(3)4)25(18)33-23-15-29-32-31-27(23)30-28(33)22-13-8-12-21-20-9-5-6-14-24(20)34-26(21)22;1-10-3-6-12(7-4-10)13-8-5-11(2)9-14-13;/h5-12,14-17H,1-4H3;3-6,8-9H,1-2H3;/q2*-1;. The molecule has 0 unspecified atom stereocenters. The van der Waals surface area contributed by atoms with Gasteiger partial charge in [-0.3, -0.25) is 4.98 Å². The summed E-state index contributed by atoms with van der Waals surface area (Å²) in [6.45, 7) is 13.0. The maximum atomic E-state index is 6.34. The summed E-state index contributed by atoms with van der Waals surface area (Å²) in [7, 11) is 0. The van der Waals surface area contributed by atoms with Crippen molar-refractivity contribution >= 4 is 33.1 Å². The van der Waals surface area contributed by atoms with Crippen molar-refractivity contribution in [3.05, 3.63) is 132 Å². The molecule has 8 rings (SSSR count). The summed E-state index contributed by atoms with van der Waals surface area (Å²) in [5.74, 6) is 1.34. The Morgan fingerprint density at radius 1 is 0.755 bits per heavy atom. The Morgan fingerprint density at radius 2 is 1.51 bits per heavy atom. The van der Waals surface area contributed by atoms with Crippen LogP contribution in [0.4, 0.5) is 0 Å². The van der Waals surface area contributed by atoms with E-state index in [0.717, 1.165) is 55.8 Å². The van der Waals surface area contributed by atoms with E-state index in [-0.39, 0.29) is 20.1 Å². The molecule has 0 saturated heterocycles. The van der Waals surface area contributed by atoms with E-state index in [4.69, 9.17) is 9.40 Å². The van der Waals surface area contributed by atoms with Gasteiger partial charge in [-0.2, -0.15) is 0 Å². The van der Waals surface area contributed by atoms with Gasteiger partial charge in [0.05, 0.1) is 17.6 Å². The van der Waals surface area contributed by atoms with Crippen LogP contribution in [-0.4, -0.2) is 29.9 Å². The Labute approximate surface area is 299 Å². The van der Waals surface area contributed by atoms with Crippen LogP contribution >= 0.6 is 0 Å². The molecule has 0 bridgehead atoms. The van der Waals surface area contributed by atoms with E-state index in [9.17, 15) is 0 Å². The number of aromatic nitrogens is 6. The molecule has 0 aliphatic carbocycles. The molecule has 247 valence electrons. The minimum absolute atomic E-state index is 0. The third-order valence-corrected chi connectivity index (χ3v) is 8.55. The van der Waals surface area contributed by atoms with Crippen LogP contribution in [0.1, 0.15) is 61.8 Å². The zero-order valence-corrected chi connectivity index (χ0v) is 30.7. The van der Waals surface area contributed by atoms with Gasteiger partial charge < -0.3 is 14.0 Å². The maximum absolute atomic E-state index is 6.34. The van der Waals surface area contributed by atoms with Gasteiger partial charge in [0, 0.05) is 37.4 Å². The molecule has 0 spiro atoms. The number of furan rings is 1. The van der Waals surface area contributed by atoms with Crippen molar-refractivity contribution in [2.75, 3.05) is 0 Å². The first kappa shape index (κ1) is 33.8. The summed E-state index contributed by atoms with van der Waals surface area (Å²) in [6.07, 6.45) is 3.61. The summed E-state index contributed by atoms with van der Waals surface area (Å²) in [4.78, 5) is 9.29. The summed E-state index contributed by atoms with van der Waals surface area (Å²) >= 11 is 0. The van der Waals surface area contributed by atoms with Gasteiger partial charge in [0.1, 0.15) is 11.1 Å². The van der Waals surface area contributed by atoms with Crippen LogP contribution < -0.4 is 0 Å². The molecule has 0 saturated carbocycles. The van der Waals surface area contributed by atoms with Gasteiger partial charge >= 0.3 is 0 Å². The molecule has 7 nitrogen and oxygen atoms in total. The minimum Gasteiger partial charge on any atom is -0.501 e. The largest absolute Gasteiger partial charge is 0.501 e. The van der Waals surface area contributed by atoms with Gasteiger partial charge in [0.15, 0.2) is 5.65 Å². The SMILES string of the molecule is CC(C)c1cccc(C(C)C)c1-n1c(-c2[c-]ccc3c2oc2ccccc23)nc2nnncc21.Cc1c[c-]c(-c2ccc(C)cn2)cc1.[Ir]. The first-order chi connectivity index (χ1) is 23.3. The Bertz CT molecular complexity index is 2300. The number of nitrogens with zero attached hydrogens (tertiary/aromatic N) is 6. The van der Waals surface area contributed by atoms with E-state index >= 15 is 0 Å². The van der Waals surface area contributed by atoms with Gasteiger partial charge in [-0.05, 0) is 52.4 Å². The molecule has 4 heterocycles. The van der Waals surface area contributed by atoms with Crippen LogP contribution in [0, 0.1) is 26.0 Å². The number of pyridine rings is 1. The second kappa shape index (κ2) is 14.2. The third kappa shape index (κ3) is 6.54. The number of hydrogen-bond acceptors (Lipinski definition) is 6. The summed E-state index contributed by atoms with van der Waals surface area (Å²) in [5.41, 5.74) is 11.8. The van der Waals surface area contributed by atoms with Crippen molar-refractivity contribution in [1.82, 2.24) is 29.9 Å². The first-order valence-corrected chi connectivity index (χ1v) is 16.2. The van der Waals surface area contributed by atoms with E-state index in [1.54, 1.807) is 6.20 Å². The van der Waals surface area contributed by atoms with Crippen molar-refractivity contribution in [2.24, 2.45) is 0 Å². The topological polar surface area (TPSA) is 82.5 Å². The normalized spacial score (nSPS) is 11.3. The zero-order chi connectivity index (χ0) is 33.4. The quantitative estimate of drug-likeness (QED) is 0.161. The molecule has 8 heteroatoms. The van der Waals surface area contributed by atoms with Crippen molar-refractivity contribution < 1.29 is 24.5 Å². The Hall–Kier alpha value is -5.04. The predicted molar refractivity (Wildman–Crippen MR) is 192 cm³/mol. The van der Waals surface area contributed by atoms with Gasteiger partial charge in [-0.25, -0.2) is 0 Å². The third-order valence-electron chi connectivity index (χ3n) is 8.55. The fourth-order valence-corrected chi connectivity index (χ4v) is 6.07. The second-order valence-electron chi connectivity index (χ2n) is 12.7. The molecule has 4 aromatic carbocycles. The molecular formula is C41H36IrN6O-2. The van der Waals surface area contributed by atoms with E-state index < -0.39 is 0 Å². The van der Waals surface area contributed by atoms with Gasteiger partial charge in [0.25, 0.3) is 0 Å². The first-order valence-electron chi connectivity index (χ1n) is 16.2. The summed E-state index contributed by atoms with van der Waals surface area (Å²) < 4.78 is 8.51. The van der Waals surface area contributed by atoms with E-state index in [0.29, 0.717) is 17.5 Å². The number of benzene rings is 4. The zero-order valence-electron chi connectivity index (χ0n) is 28.3.